The smallest absolute Gasteiger partial charge is 0.313 e. The van der Waals surface area contributed by atoms with Gasteiger partial charge in [0.05, 0.1) is 25.7 Å². The van der Waals surface area contributed by atoms with Gasteiger partial charge >= 0.3 is 59.7 Å². The van der Waals surface area contributed by atoms with Crippen molar-refractivity contribution in [3.8, 4) is 0 Å². The first-order chi connectivity index (χ1) is 30.1. The van der Waals surface area contributed by atoms with Crippen LogP contribution in [0.15, 0.2) is 0 Å². The Hall–Kier alpha value is -4.50. The zero-order chi connectivity index (χ0) is 49.7. The van der Waals surface area contributed by atoms with Crippen LogP contribution in [0.5, 0.6) is 0 Å². The lowest BCUT2D eigenvalue weighted by Crippen LogP contribution is -2.26. The molecule has 0 saturated heterocycles. The second kappa shape index (κ2) is 31.4. The number of aliphatic carboxylic acids is 2. The minimum absolute atomic E-state index is 0.00384. The summed E-state index contributed by atoms with van der Waals surface area (Å²) in [6.45, 7) is 15.0. The molecule has 0 aliphatic rings. The third-order valence-corrected chi connectivity index (χ3v) is 11.2. The van der Waals surface area contributed by atoms with Crippen LogP contribution in [0.3, 0.4) is 0 Å². The van der Waals surface area contributed by atoms with Gasteiger partial charge in [-0.05, 0) is 85.9 Å². The van der Waals surface area contributed by atoms with Gasteiger partial charge in [0.1, 0.15) is 0 Å². The molecule has 2 N–H and O–H groups in total. The van der Waals surface area contributed by atoms with E-state index >= 15 is 0 Å². The van der Waals surface area contributed by atoms with Gasteiger partial charge in [-0.3, -0.25) is 47.9 Å². The second-order valence-corrected chi connectivity index (χ2v) is 20.6. The first-order valence-electron chi connectivity index (χ1n) is 23.5. The SMILES string of the molecule is CC(C)(CCC(C)(C)CC(=O)OC(=O)CCCCCCC(=O)O)CC(=O)OC(=O)CCCCCCCC(=O)OC(=O)CC(C)(C)CCC(C)(C)CC(=O)OC(=O)CCCCCCC(=O)O. The molecular formula is C49H80O16. The number of ether oxygens (including phenoxy) is 4. The maximum atomic E-state index is 12.6. The maximum Gasteiger partial charge on any atom is 0.313 e. The Morgan fingerprint density at radius 3 is 0.631 bits per heavy atom. The van der Waals surface area contributed by atoms with Crippen molar-refractivity contribution in [2.45, 2.75) is 229 Å². The number of rotatable bonds is 36. The number of carbonyl (C=O) groups excluding carboxylic acids is 8. The largest absolute Gasteiger partial charge is 0.481 e. The van der Waals surface area contributed by atoms with Gasteiger partial charge in [0.15, 0.2) is 0 Å². The van der Waals surface area contributed by atoms with Crippen molar-refractivity contribution in [2.75, 3.05) is 0 Å². The van der Waals surface area contributed by atoms with Gasteiger partial charge in [0.2, 0.25) is 0 Å². The fourth-order valence-electron chi connectivity index (χ4n) is 6.99. The fraction of sp³-hybridized carbons (Fsp3) is 0.796. The molecule has 65 heavy (non-hydrogen) atoms. The summed E-state index contributed by atoms with van der Waals surface area (Å²) < 4.78 is 20.1. The fourth-order valence-corrected chi connectivity index (χ4v) is 6.99. The molecule has 0 aliphatic carbocycles. The van der Waals surface area contributed by atoms with Crippen molar-refractivity contribution in [2.24, 2.45) is 21.7 Å². The predicted molar refractivity (Wildman–Crippen MR) is 239 cm³/mol. The van der Waals surface area contributed by atoms with Crippen LogP contribution in [0.25, 0.3) is 0 Å². The minimum Gasteiger partial charge on any atom is -0.481 e. The van der Waals surface area contributed by atoms with Gasteiger partial charge < -0.3 is 29.2 Å². The molecule has 0 unspecified atom stereocenters. The number of hydrogen-bond acceptors (Lipinski definition) is 14. The first-order valence-corrected chi connectivity index (χ1v) is 23.5. The summed E-state index contributed by atoms with van der Waals surface area (Å²) in [7, 11) is 0. The van der Waals surface area contributed by atoms with Gasteiger partial charge in [-0.25, -0.2) is 0 Å². The minimum atomic E-state index is -0.856. The molecule has 0 radical (unpaired) electrons. The van der Waals surface area contributed by atoms with E-state index < -0.39 is 81.4 Å². The summed E-state index contributed by atoms with van der Waals surface area (Å²) in [6, 6.07) is 0. The number of unbranched alkanes of at least 4 members (excludes halogenated alkanes) is 10. The van der Waals surface area contributed by atoms with Crippen LogP contribution >= 0.6 is 0 Å². The van der Waals surface area contributed by atoms with Crippen molar-refractivity contribution in [1.29, 1.82) is 0 Å². The molecule has 372 valence electrons. The van der Waals surface area contributed by atoms with E-state index in [1.165, 1.54) is 0 Å². The molecule has 0 aromatic heterocycles. The molecule has 0 rings (SSSR count). The lowest BCUT2D eigenvalue weighted by atomic mass is 9.76. The van der Waals surface area contributed by atoms with E-state index in [2.05, 4.69) is 0 Å². The lowest BCUT2D eigenvalue weighted by Gasteiger charge is -2.30. The van der Waals surface area contributed by atoms with E-state index in [0.29, 0.717) is 103 Å². The van der Waals surface area contributed by atoms with Gasteiger partial charge in [-0.1, -0.05) is 100 Å². The molecular weight excluding hydrogens is 845 g/mol. The molecule has 0 aromatic carbocycles. The molecule has 0 amide bonds. The lowest BCUT2D eigenvalue weighted by molar-refractivity contribution is -0.163. The van der Waals surface area contributed by atoms with Crippen molar-refractivity contribution in [1.82, 2.24) is 0 Å². The highest BCUT2D eigenvalue weighted by atomic mass is 16.6. The molecule has 16 nitrogen and oxygen atoms in total. The molecule has 0 aliphatic heterocycles. The summed E-state index contributed by atoms with van der Waals surface area (Å²) >= 11 is 0. The highest BCUT2D eigenvalue weighted by molar-refractivity contribution is 5.87. The van der Waals surface area contributed by atoms with Gasteiger partial charge in [0, 0.05) is 38.5 Å². The second-order valence-electron chi connectivity index (χ2n) is 20.6. The van der Waals surface area contributed by atoms with E-state index in [1.807, 2.05) is 55.4 Å². The molecule has 0 bridgehead atoms. The molecule has 0 heterocycles. The summed E-state index contributed by atoms with van der Waals surface area (Å²) in [6.07, 6.45) is 10.6. The number of esters is 8. The van der Waals surface area contributed by atoms with Crippen LogP contribution in [0.4, 0.5) is 0 Å². The van der Waals surface area contributed by atoms with E-state index in [1.54, 1.807) is 0 Å². The third-order valence-electron chi connectivity index (χ3n) is 11.2. The molecule has 0 aromatic rings. The van der Waals surface area contributed by atoms with Crippen molar-refractivity contribution >= 4 is 59.7 Å². The van der Waals surface area contributed by atoms with Crippen molar-refractivity contribution in [3.63, 3.8) is 0 Å². The summed E-state index contributed by atoms with van der Waals surface area (Å²) in [5.74, 6) is -6.66. The molecule has 16 heteroatoms. The average molecular weight is 925 g/mol. The Morgan fingerprint density at radius 2 is 0.446 bits per heavy atom. The zero-order valence-electron chi connectivity index (χ0n) is 40.7. The van der Waals surface area contributed by atoms with Gasteiger partial charge in [-0.2, -0.15) is 0 Å². The third kappa shape index (κ3) is 36.4. The van der Waals surface area contributed by atoms with Crippen LogP contribution < -0.4 is 0 Å². The molecule has 0 atom stereocenters. The van der Waals surface area contributed by atoms with Crippen LogP contribution in [-0.2, 0) is 66.9 Å². The predicted octanol–water partition coefficient (Wildman–Crippen LogP) is 10.1. The van der Waals surface area contributed by atoms with Crippen molar-refractivity contribution < 1.29 is 77.1 Å². The number of carbonyl (C=O) groups is 10. The van der Waals surface area contributed by atoms with E-state index in [-0.39, 0.29) is 64.2 Å². The normalized spacial score (nSPS) is 11.9. The monoisotopic (exact) mass is 925 g/mol. The Bertz CT molecular complexity index is 1460. The van der Waals surface area contributed by atoms with E-state index in [0.717, 1.165) is 6.42 Å². The Balaban J connectivity index is 4.28. The topological polar surface area (TPSA) is 248 Å². The van der Waals surface area contributed by atoms with Crippen LogP contribution in [-0.4, -0.2) is 69.9 Å². The van der Waals surface area contributed by atoms with Crippen LogP contribution in [0.2, 0.25) is 0 Å². The quantitative estimate of drug-likeness (QED) is 0.0257. The Morgan fingerprint density at radius 1 is 0.277 bits per heavy atom. The Kier molecular flexibility index (Phi) is 29.2. The molecule has 0 saturated carbocycles. The number of carboxylic acid groups (broad SMARTS) is 2. The molecule has 0 spiro atoms. The summed E-state index contributed by atoms with van der Waals surface area (Å²) in [5, 5.41) is 17.4. The maximum absolute atomic E-state index is 12.6. The van der Waals surface area contributed by atoms with Gasteiger partial charge in [0.25, 0.3) is 0 Å². The van der Waals surface area contributed by atoms with E-state index in [4.69, 9.17) is 29.2 Å². The first kappa shape index (κ1) is 60.5. The molecule has 0 fully saturated rings. The summed E-state index contributed by atoms with van der Waals surface area (Å²) in [5.41, 5.74) is -2.06. The number of hydrogen-bond donors (Lipinski definition) is 2. The number of carboxylic acids is 2. The van der Waals surface area contributed by atoms with Crippen LogP contribution in [0.1, 0.15) is 229 Å². The standard InChI is InChI=1S/C49H80O16/c1-46(2,28-30-48(5,6)34-44(60)64-40(56)26-20-14-12-16-22-36(50)51)32-42(58)62-38(54)24-18-10-9-11-19-25-39(55)63-43(59)33-47(3,4)29-31-49(7,8)35-45(61)65-41(57)27-21-15-13-17-23-37(52)53/h9-35H2,1-8H3,(H,50,51)(H,52,53). The van der Waals surface area contributed by atoms with Crippen molar-refractivity contribution in [3.05, 3.63) is 0 Å². The van der Waals surface area contributed by atoms with E-state index in [9.17, 15) is 47.9 Å². The average Bonchev–Trinajstić information content (AvgIpc) is 3.14. The highest BCUT2D eigenvalue weighted by Gasteiger charge is 2.32. The van der Waals surface area contributed by atoms with Crippen LogP contribution in [0, 0.1) is 21.7 Å². The summed E-state index contributed by atoms with van der Waals surface area (Å²) in [4.78, 5) is 120. The zero-order valence-corrected chi connectivity index (χ0v) is 40.7. The highest BCUT2D eigenvalue weighted by Crippen LogP contribution is 2.37. The Labute approximate surface area is 386 Å². The van der Waals surface area contributed by atoms with Gasteiger partial charge in [-0.15, -0.1) is 0 Å².